The number of rotatable bonds is 5. The van der Waals surface area contributed by atoms with Gasteiger partial charge in [0.1, 0.15) is 4.90 Å². The Hall–Kier alpha value is -1.50. The van der Waals surface area contributed by atoms with Gasteiger partial charge in [-0.1, -0.05) is 25.1 Å². The zero-order valence-corrected chi connectivity index (χ0v) is 13.5. The van der Waals surface area contributed by atoms with E-state index in [0.717, 1.165) is 31.3 Å². The third-order valence-corrected chi connectivity index (χ3v) is 5.75. The molecule has 0 saturated carbocycles. The number of nitrogens with zero attached hydrogens (tertiary/aromatic N) is 2. The van der Waals surface area contributed by atoms with Gasteiger partial charge in [0, 0.05) is 24.2 Å². The summed E-state index contributed by atoms with van der Waals surface area (Å²) in [4.78, 5) is 6.81. The van der Waals surface area contributed by atoms with Crippen LogP contribution in [0, 0.1) is 0 Å². The van der Waals surface area contributed by atoms with Gasteiger partial charge in [0.25, 0.3) is 0 Å². The summed E-state index contributed by atoms with van der Waals surface area (Å²) < 4.78 is 28.0. The first kappa shape index (κ1) is 15.4. The Morgan fingerprint density at radius 2 is 2.14 bits per heavy atom. The van der Waals surface area contributed by atoms with Crippen LogP contribution in [0.1, 0.15) is 19.8 Å². The van der Waals surface area contributed by atoms with Gasteiger partial charge in [-0.3, -0.25) is 9.88 Å². The number of fused-ring (bicyclic) bond motifs is 1. The van der Waals surface area contributed by atoms with E-state index in [0.29, 0.717) is 18.1 Å². The van der Waals surface area contributed by atoms with E-state index in [2.05, 4.69) is 21.5 Å². The van der Waals surface area contributed by atoms with Crippen molar-refractivity contribution < 1.29 is 8.42 Å². The van der Waals surface area contributed by atoms with Crippen molar-refractivity contribution in [3.63, 3.8) is 0 Å². The molecule has 6 heteroatoms. The SMILES string of the molecule is CCN1CCCC1CNS(=O)(=O)c1cccc2cccnc12. The molecule has 3 rings (SSSR count). The molecule has 1 saturated heterocycles. The third kappa shape index (κ3) is 2.99. The highest BCUT2D eigenvalue weighted by atomic mass is 32.2. The molecule has 1 aromatic carbocycles. The number of hydrogen-bond donors (Lipinski definition) is 1. The lowest BCUT2D eigenvalue weighted by molar-refractivity contribution is 0.268. The topological polar surface area (TPSA) is 62.3 Å². The van der Waals surface area contributed by atoms with Gasteiger partial charge in [-0.2, -0.15) is 0 Å². The van der Waals surface area contributed by atoms with Gasteiger partial charge in [-0.25, -0.2) is 13.1 Å². The fraction of sp³-hybridized carbons (Fsp3) is 0.438. The number of para-hydroxylation sites is 1. The maximum Gasteiger partial charge on any atom is 0.242 e. The van der Waals surface area contributed by atoms with E-state index < -0.39 is 10.0 Å². The second kappa shape index (κ2) is 6.32. The fourth-order valence-electron chi connectivity index (χ4n) is 3.12. The lowest BCUT2D eigenvalue weighted by atomic mass is 10.2. The monoisotopic (exact) mass is 319 g/mol. The van der Waals surface area contributed by atoms with Crippen molar-refractivity contribution >= 4 is 20.9 Å². The Morgan fingerprint density at radius 1 is 1.32 bits per heavy atom. The maximum absolute atomic E-state index is 12.6. The minimum absolute atomic E-state index is 0.256. The first-order chi connectivity index (χ1) is 10.6. The third-order valence-electron chi connectivity index (χ3n) is 4.30. The van der Waals surface area contributed by atoms with Crippen LogP contribution in [0.3, 0.4) is 0 Å². The molecule has 118 valence electrons. The Morgan fingerprint density at radius 3 is 2.95 bits per heavy atom. The van der Waals surface area contributed by atoms with Crippen LogP contribution in [0.25, 0.3) is 10.9 Å². The highest BCUT2D eigenvalue weighted by Gasteiger charge is 2.25. The fourth-order valence-corrected chi connectivity index (χ4v) is 4.37. The highest BCUT2D eigenvalue weighted by molar-refractivity contribution is 7.89. The maximum atomic E-state index is 12.6. The number of likely N-dealkylation sites (tertiary alicyclic amines) is 1. The molecule has 1 N–H and O–H groups in total. The van der Waals surface area contributed by atoms with Crippen molar-refractivity contribution in [3.05, 3.63) is 36.5 Å². The summed E-state index contributed by atoms with van der Waals surface area (Å²) >= 11 is 0. The molecule has 0 radical (unpaired) electrons. The van der Waals surface area contributed by atoms with Crippen molar-refractivity contribution in [1.82, 2.24) is 14.6 Å². The van der Waals surface area contributed by atoms with Gasteiger partial charge in [0.2, 0.25) is 10.0 Å². The molecular formula is C16H21N3O2S. The van der Waals surface area contributed by atoms with Crippen LogP contribution in [-0.2, 0) is 10.0 Å². The van der Waals surface area contributed by atoms with Crippen molar-refractivity contribution in [2.24, 2.45) is 0 Å². The standard InChI is InChI=1S/C16H21N3O2S/c1-2-19-11-5-8-14(19)12-18-22(20,21)15-9-3-6-13-7-4-10-17-16(13)15/h3-4,6-7,9-10,14,18H,2,5,8,11-12H2,1H3. The average molecular weight is 319 g/mol. The smallest absolute Gasteiger partial charge is 0.242 e. The van der Waals surface area contributed by atoms with E-state index in [1.165, 1.54) is 0 Å². The Kier molecular flexibility index (Phi) is 4.42. The predicted molar refractivity (Wildman–Crippen MR) is 87.2 cm³/mol. The van der Waals surface area contributed by atoms with E-state index >= 15 is 0 Å². The van der Waals surface area contributed by atoms with Gasteiger partial charge < -0.3 is 0 Å². The Labute approximate surface area is 131 Å². The first-order valence-corrected chi connectivity index (χ1v) is 9.17. The van der Waals surface area contributed by atoms with Gasteiger partial charge in [-0.05, 0) is 38.1 Å². The number of pyridine rings is 1. The van der Waals surface area contributed by atoms with Crippen molar-refractivity contribution in [3.8, 4) is 0 Å². The van der Waals surface area contributed by atoms with Gasteiger partial charge in [0.15, 0.2) is 0 Å². The minimum atomic E-state index is -3.55. The second-order valence-corrected chi connectivity index (χ2v) is 7.34. The second-order valence-electron chi connectivity index (χ2n) is 5.61. The van der Waals surface area contributed by atoms with Crippen LogP contribution in [0.15, 0.2) is 41.4 Å². The molecule has 22 heavy (non-hydrogen) atoms. The lowest BCUT2D eigenvalue weighted by Crippen LogP contribution is -2.40. The van der Waals surface area contributed by atoms with Crippen LogP contribution in [0.4, 0.5) is 0 Å². The molecule has 1 aliphatic rings. The van der Waals surface area contributed by atoms with Crippen LogP contribution in [0.2, 0.25) is 0 Å². The molecule has 1 unspecified atom stereocenters. The number of benzene rings is 1. The zero-order valence-electron chi connectivity index (χ0n) is 12.7. The zero-order chi connectivity index (χ0) is 15.6. The molecule has 5 nitrogen and oxygen atoms in total. The summed E-state index contributed by atoms with van der Waals surface area (Å²) in [6.07, 6.45) is 3.80. The highest BCUT2D eigenvalue weighted by Crippen LogP contribution is 2.21. The Balaban J connectivity index is 1.83. The summed E-state index contributed by atoms with van der Waals surface area (Å²) in [6.45, 7) is 4.59. The molecule has 0 spiro atoms. The van der Waals surface area contributed by atoms with Crippen LogP contribution in [-0.4, -0.2) is 44.0 Å². The molecule has 2 aromatic rings. The molecule has 1 fully saturated rings. The first-order valence-electron chi connectivity index (χ1n) is 7.69. The quantitative estimate of drug-likeness (QED) is 0.915. The lowest BCUT2D eigenvalue weighted by Gasteiger charge is -2.22. The summed E-state index contributed by atoms with van der Waals surface area (Å²) in [5.41, 5.74) is 0.524. The van der Waals surface area contributed by atoms with Gasteiger partial charge in [-0.15, -0.1) is 0 Å². The molecule has 0 amide bonds. The van der Waals surface area contributed by atoms with Crippen molar-refractivity contribution in [1.29, 1.82) is 0 Å². The van der Waals surface area contributed by atoms with Crippen LogP contribution in [0.5, 0.6) is 0 Å². The minimum Gasteiger partial charge on any atom is -0.299 e. The predicted octanol–water partition coefficient (Wildman–Crippen LogP) is 2.00. The average Bonchev–Trinajstić information content (AvgIpc) is 3.00. The van der Waals surface area contributed by atoms with Crippen molar-refractivity contribution in [2.45, 2.75) is 30.7 Å². The molecule has 2 heterocycles. The van der Waals surface area contributed by atoms with Gasteiger partial charge >= 0.3 is 0 Å². The van der Waals surface area contributed by atoms with Crippen molar-refractivity contribution in [2.75, 3.05) is 19.6 Å². The largest absolute Gasteiger partial charge is 0.299 e. The number of likely N-dealkylation sites (N-methyl/N-ethyl adjacent to an activating group) is 1. The Bertz CT molecular complexity index is 756. The summed E-state index contributed by atoms with van der Waals surface area (Å²) in [6, 6.07) is 9.22. The molecule has 1 atom stereocenters. The number of sulfonamides is 1. The number of hydrogen-bond acceptors (Lipinski definition) is 4. The summed E-state index contributed by atoms with van der Waals surface area (Å²) in [7, 11) is -3.55. The molecular weight excluding hydrogens is 298 g/mol. The normalized spacial score (nSPS) is 19.8. The van der Waals surface area contributed by atoms with Crippen LogP contribution >= 0.6 is 0 Å². The summed E-state index contributed by atoms with van der Waals surface area (Å²) in [5, 5.41) is 0.835. The van der Waals surface area contributed by atoms with E-state index in [-0.39, 0.29) is 4.90 Å². The van der Waals surface area contributed by atoms with Gasteiger partial charge in [0.05, 0.1) is 5.52 Å². The van der Waals surface area contributed by atoms with E-state index in [1.807, 2.05) is 18.2 Å². The number of nitrogens with one attached hydrogen (secondary N) is 1. The molecule has 0 bridgehead atoms. The molecule has 1 aliphatic heterocycles. The van der Waals surface area contributed by atoms with E-state index in [9.17, 15) is 8.42 Å². The van der Waals surface area contributed by atoms with Crippen LogP contribution < -0.4 is 4.72 Å². The summed E-state index contributed by atoms with van der Waals surface area (Å²) in [5.74, 6) is 0. The molecule has 1 aromatic heterocycles. The van der Waals surface area contributed by atoms with E-state index in [4.69, 9.17) is 0 Å². The number of aromatic nitrogens is 1. The molecule has 0 aliphatic carbocycles. The van der Waals surface area contributed by atoms with E-state index in [1.54, 1.807) is 18.3 Å².